The molecule has 5 nitrogen and oxygen atoms in total. The van der Waals surface area contributed by atoms with Crippen LogP contribution in [0.1, 0.15) is 5.56 Å². The lowest BCUT2D eigenvalue weighted by molar-refractivity contribution is 0.477. The van der Waals surface area contributed by atoms with Crippen LogP contribution in [0.2, 0.25) is 0 Å². The molecule has 0 fully saturated rings. The number of hydrogen-bond acceptors (Lipinski definition) is 4. The highest BCUT2D eigenvalue weighted by Gasteiger charge is 2.14. The summed E-state index contributed by atoms with van der Waals surface area (Å²) in [5, 5.41) is 9.58. The van der Waals surface area contributed by atoms with Crippen molar-refractivity contribution in [1.29, 1.82) is 0 Å². The lowest BCUT2D eigenvalue weighted by atomic mass is 10.2. The predicted molar refractivity (Wildman–Crippen MR) is 75.2 cm³/mol. The topological polar surface area (TPSA) is 92.4 Å². The van der Waals surface area contributed by atoms with Crippen molar-refractivity contribution in [2.24, 2.45) is 0 Å². The Morgan fingerprint density at radius 2 is 1.79 bits per heavy atom. The molecule has 0 radical (unpaired) electrons. The van der Waals surface area contributed by atoms with E-state index in [9.17, 15) is 13.5 Å². The van der Waals surface area contributed by atoms with Crippen molar-refractivity contribution in [3.05, 3.63) is 54.1 Å². The Kier molecular flexibility index (Phi) is 3.62. The fourth-order valence-corrected chi connectivity index (χ4v) is 2.83. The van der Waals surface area contributed by atoms with E-state index in [1.54, 1.807) is 24.3 Å². The van der Waals surface area contributed by atoms with Crippen LogP contribution >= 0.6 is 0 Å². The molecule has 0 saturated carbocycles. The Labute approximate surface area is 111 Å². The van der Waals surface area contributed by atoms with Gasteiger partial charge >= 0.3 is 0 Å². The van der Waals surface area contributed by atoms with Gasteiger partial charge in [0.2, 0.25) is 10.0 Å². The highest BCUT2D eigenvalue weighted by atomic mass is 32.2. The fraction of sp³-hybridized carbons (Fsp3) is 0.0769. The summed E-state index contributed by atoms with van der Waals surface area (Å²) in [5.41, 5.74) is 6.67. The van der Waals surface area contributed by atoms with Gasteiger partial charge in [-0.15, -0.1) is 0 Å². The first-order valence-electron chi connectivity index (χ1n) is 5.59. The molecule has 2 aromatic rings. The highest BCUT2D eigenvalue weighted by molar-refractivity contribution is 7.91. The first kappa shape index (κ1) is 13.2. The van der Waals surface area contributed by atoms with E-state index in [0.29, 0.717) is 11.3 Å². The van der Waals surface area contributed by atoms with Gasteiger partial charge in [-0.3, -0.25) is 4.72 Å². The van der Waals surface area contributed by atoms with Crippen LogP contribution in [0.15, 0.2) is 48.5 Å². The van der Waals surface area contributed by atoms with Gasteiger partial charge in [-0.2, -0.15) is 0 Å². The molecule has 0 bridgehead atoms. The maximum atomic E-state index is 12.0. The van der Waals surface area contributed by atoms with Gasteiger partial charge in [-0.1, -0.05) is 30.3 Å². The van der Waals surface area contributed by atoms with E-state index < -0.39 is 10.0 Å². The molecular formula is C13H14N2O3S. The maximum Gasteiger partial charge on any atom is 0.237 e. The smallest absolute Gasteiger partial charge is 0.237 e. The van der Waals surface area contributed by atoms with Gasteiger partial charge in [-0.05, 0) is 23.8 Å². The van der Waals surface area contributed by atoms with Gasteiger partial charge in [-0.25, -0.2) is 8.42 Å². The van der Waals surface area contributed by atoms with Gasteiger partial charge in [0, 0.05) is 5.69 Å². The lowest BCUT2D eigenvalue weighted by Gasteiger charge is -2.10. The van der Waals surface area contributed by atoms with Crippen molar-refractivity contribution < 1.29 is 13.5 Å². The van der Waals surface area contributed by atoms with E-state index in [2.05, 4.69) is 4.72 Å². The molecular weight excluding hydrogens is 264 g/mol. The van der Waals surface area contributed by atoms with E-state index in [0.717, 1.165) is 0 Å². The number of anilines is 2. The summed E-state index contributed by atoms with van der Waals surface area (Å²) in [7, 11) is -3.59. The molecule has 0 aliphatic rings. The number of sulfonamides is 1. The average molecular weight is 278 g/mol. The molecule has 0 spiro atoms. The maximum absolute atomic E-state index is 12.0. The second-order valence-electron chi connectivity index (χ2n) is 4.12. The van der Waals surface area contributed by atoms with Crippen molar-refractivity contribution in [1.82, 2.24) is 0 Å². The predicted octanol–water partition coefficient (Wildman–Crippen LogP) is 1.92. The third-order valence-electron chi connectivity index (χ3n) is 2.49. The van der Waals surface area contributed by atoms with Gasteiger partial charge in [0.15, 0.2) is 0 Å². The van der Waals surface area contributed by atoms with Crippen molar-refractivity contribution in [3.8, 4) is 5.75 Å². The summed E-state index contributed by atoms with van der Waals surface area (Å²) in [6, 6.07) is 13.0. The van der Waals surface area contributed by atoms with Crippen LogP contribution in [-0.4, -0.2) is 13.5 Å². The Hall–Kier alpha value is -2.21. The number of hydrogen-bond donors (Lipinski definition) is 3. The summed E-state index contributed by atoms with van der Waals surface area (Å²) in [5.74, 6) is -0.326. The third-order valence-corrected chi connectivity index (χ3v) is 3.73. The Morgan fingerprint density at radius 1 is 1.11 bits per heavy atom. The molecule has 0 heterocycles. The van der Waals surface area contributed by atoms with Gasteiger partial charge in [0.25, 0.3) is 0 Å². The summed E-state index contributed by atoms with van der Waals surface area (Å²) in [4.78, 5) is 0. The van der Waals surface area contributed by atoms with E-state index >= 15 is 0 Å². The minimum absolute atomic E-state index is 0.0796. The second-order valence-corrected chi connectivity index (χ2v) is 5.85. The lowest BCUT2D eigenvalue weighted by Crippen LogP contribution is -2.15. The standard InChI is InChI=1S/C13H14N2O3S/c14-11-6-7-13(16)12(8-11)15-19(17,18)9-10-4-2-1-3-5-10/h1-8,15-16H,9,14H2. The van der Waals surface area contributed by atoms with Gasteiger partial charge in [0.05, 0.1) is 11.4 Å². The highest BCUT2D eigenvalue weighted by Crippen LogP contribution is 2.26. The van der Waals surface area contributed by atoms with Crippen molar-refractivity contribution in [2.75, 3.05) is 10.5 Å². The van der Waals surface area contributed by atoms with Crippen LogP contribution < -0.4 is 10.5 Å². The van der Waals surface area contributed by atoms with Crippen LogP contribution in [0.25, 0.3) is 0 Å². The molecule has 0 aliphatic carbocycles. The first-order valence-corrected chi connectivity index (χ1v) is 7.24. The Morgan fingerprint density at radius 3 is 2.47 bits per heavy atom. The summed E-state index contributed by atoms with van der Waals surface area (Å²) in [6.07, 6.45) is 0. The zero-order valence-corrected chi connectivity index (χ0v) is 10.9. The molecule has 6 heteroatoms. The largest absolute Gasteiger partial charge is 0.506 e. The molecule has 0 aliphatic heterocycles. The molecule has 0 aromatic heterocycles. The molecule has 2 aromatic carbocycles. The summed E-state index contributed by atoms with van der Waals surface area (Å²) in [6.45, 7) is 0. The number of nitrogens with two attached hydrogens (primary N) is 1. The second kappa shape index (κ2) is 5.19. The normalized spacial score (nSPS) is 11.2. The molecule has 4 N–H and O–H groups in total. The number of nitrogen functional groups attached to an aromatic ring is 1. The van der Waals surface area contributed by atoms with Gasteiger partial charge in [0.1, 0.15) is 5.75 Å². The monoisotopic (exact) mass is 278 g/mol. The molecule has 19 heavy (non-hydrogen) atoms. The third kappa shape index (κ3) is 3.62. The van der Waals surface area contributed by atoms with Crippen LogP contribution in [0, 0.1) is 0 Å². The summed E-state index contributed by atoms with van der Waals surface area (Å²) >= 11 is 0. The Balaban J connectivity index is 2.20. The minimum atomic E-state index is -3.59. The van der Waals surface area contributed by atoms with E-state index in [4.69, 9.17) is 5.73 Å². The average Bonchev–Trinajstić information content (AvgIpc) is 2.34. The fourth-order valence-electron chi connectivity index (χ4n) is 1.63. The van der Waals surface area contributed by atoms with Crippen molar-refractivity contribution in [2.45, 2.75) is 5.75 Å². The molecule has 0 unspecified atom stereocenters. The van der Waals surface area contributed by atoms with Crippen molar-refractivity contribution in [3.63, 3.8) is 0 Å². The number of phenolic OH excluding ortho intramolecular Hbond substituents is 1. The van der Waals surface area contributed by atoms with Gasteiger partial charge < -0.3 is 10.8 Å². The van der Waals surface area contributed by atoms with Crippen molar-refractivity contribution >= 4 is 21.4 Å². The van der Waals surface area contributed by atoms with Crippen LogP contribution in [0.4, 0.5) is 11.4 Å². The number of phenols is 1. The first-order chi connectivity index (χ1) is 8.96. The molecule has 2 rings (SSSR count). The van der Waals surface area contributed by atoms with Crippen LogP contribution in [0.5, 0.6) is 5.75 Å². The van der Waals surface area contributed by atoms with E-state index in [-0.39, 0.29) is 17.2 Å². The van der Waals surface area contributed by atoms with Crippen LogP contribution in [-0.2, 0) is 15.8 Å². The molecule has 100 valence electrons. The van der Waals surface area contributed by atoms with E-state index in [1.165, 1.54) is 18.2 Å². The SMILES string of the molecule is Nc1ccc(O)c(NS(=O)(=O)Cc2ccccc2)c1. The quantitative estimate of drug-likeness (QED) is 0.452. The number of aromatic hydroxyl groups is 1. The Bertz CT molecular complexity index is 670. The minimum Gasteiger partial charge on any atom is -0.506 e. The summed E-state index contributed by atoms with van der Waals surface area (Å²) < 4.78 is 26.3. The zero-order valence-electron chi connectivity index (χ0n) is 10.1. The molecule has 0 amide bonds. The number of benzene rings is 2. The molecule has 0 atom stereocenters. The zero-order chi connectivity index (χ0) is 13.9. The van der Waals surface area contributed by atoms with Crippen LogP contribution in [0.3, 0.4) is 0 Å². The molecule has 0 saturated heterocycles. The number of rotatable bonds is 4. The number of nitrogens with one attached hydrogen (secondary N) is 1. The van der Waals surface area contributed by atoms with E-state index in [1.807, 2.05) is 6.07 Å².